The van der Waals surface area contributed by atoms with Crippen LogP contribution in [-0.2, 0) is 16.3 Å². The van der Waals surface area contributed by atoms with Crippen molar-refractivity contribution in [3.63, 3.8) is 0 Å². The highest BCUT2D eigenvalue weighted by atomic mass is 32.2. The van der Waals surface area contributed by atoms with Gasteiger partial charge in [0, 0.05) is 6.07 Å². The van der Waals surface area contributed by atoms with Gasteiger partial charge in [0.25, 0.3) is 11.6 Å². The minimum atomic E-state index is -3.89. The van der Waals surface area contributed by atoms with Crippen molar-refractivity contribution in [1.29, 1.82) is 0 Å². The molecular formula is C13H18N4O5S. The first kappa shape index (κ1) is 18.6. The standard InChI is InChI=1S/C13H18N4O5S/c1-4-8-5-11(23(21,22)7(2)3)10(17(19)20)6-9(8)12(18)16-13(14)15/h5-7H,4H2,1-3H3,(H4,14,15,16,18). The van der Waals surface area contributed by atoms with Gasteiger partial charge in [-0.15, -0.1) is 0 Å². The maximum atomic E-state index is 12.3. The summed E-state index contributed by atoms with van der Waals surface area (Å²) in [6.45, 7) is 4.52. The molecule has 0 radical (unpaired) electrons. The summed E-state index contributed by atoms with van der Waals surface area (Å²) in [6, 6.07) is 2.05. The Kier molecular flexibility index (Phi) is 5.43. The van der Waals surface area contributed by atoms with Crippen LogP contribution in [0.2, 0.25) is 0 Å². The number of aliphatic imine (C=N–C) groups is 1. The molecule has 0 aromatic heterocycles. The summed E-state index contributed by atoms with van der Waals surface area (Å²) in [5.41, 5.74) is 9.80. The van der Waals surface area contributed by atoms with E-state index in [-0.39, 0.29) is 12.0 Å². The lowest BCUT2D eigenvalue weighted by Crippen LogP contribution is -2.24. The smallest absolute Gasteiger partial charge is 0.288 e. The summed E-state index contributed by atoms with van der Waals surface area (Å²) in [5, 5.41) is 10.4. The number of sulfone groups is 1. The van der Waals surface area contributed by atoms with E-state index in [0.29, 0.717) is 5.56 Å². The first-order valence-electron chi connectivity index (χ1n) is 6.71. The fraction of sp³-hybridized carbons (Fsp3) is 0.385. The molecular weight excluding hydrogens is 324 g/mol. The van der Waals surface area contributed by atoms with Crippen LogP contribution < -0.4 is 11.5 Å². The molecule has 1 aromatic carbocycles. The van der Waals surface area contributed by atoms with E-state index >= 15 is 0 Å². The molecule has 23 heavy (non-hydrogen) atoms. The van der Waals surface area contributed by atoms with Gasteiger partial charge in [-0.1, -0.05) is 6.92 Å². The number of nitro groups is 1. The van der Waals surface area contributed by atoms with Crippen LogP contribution in [0.15, 0.2) is 22.0 Å². The number of carbonyl (C=O) groups is 1. The summed E-state index contributed by atoms with van der Waals surface area (Å²) in [6.07, 6.45) is 0.277. The molecule has 0 heterocycles. The largest absolute Gasteiger partial charge is 0.370 e. The number of aryl methyl sites for hydroxylation is 1. The van der Waals surface area contributed by atoms with Gasteiger partial charge < -0.3 is 11.5 Å². The second-order valence-electron chi connectivity index (χ2n) is 5.02. The quantitative estimate of drug-likeness (QED) is 0.345. The third-order valence-corrected chi connectivity index (χ3v) is 5.33. The third-order valence-electron chi connectivity index (χ3n) is 3.15. The molecule has 0 saturated carbocycles. The van der Waals surface area contributed by atoms with Gasteiger partial charge in [0.2, 0.25) is 0 Å². The van der Waals surface area contributed by atoms with Crippen LogP contribution in [0.4, 0.5) is 5.69 Å². The van der Waals surface area contributed by atoms with Gasteiger partial charge in [-0.25, -0.2) is 8.42 Å². The van der Waals surface area contributed by atoms with Crippen molar-refractivity contribution < 1.29 is 18.1 Å². The highest BCUT2D eigenvalue weighted by molar-refractivity contribution is 7.92. The maximum absolute atomic E-state index is 12.3. The number of carbonyl (C=O) groups excluding carboxylic acids is 1. The minimum Gasteiger partial charge on any atom is -0.370 e. The van der Waals surface area contributed by atoms with Gasteiger partial charge in [0.05, 0.1) is 15.7 Å². The Balaban J connectivity index is 3.76. The zero-order chi connectivity index (χ0) is 17.9. The van der Waals surface area contributed by atoms with E-state index in [9.17, 15) is 23.3 Å². The number of benzene rings is 1. The first-order chi connectivity index (χ1) is 10.5. The monoisotopic (exact) mass is 342 g/mol. The van der Waals surface area contributed by atoms with Crippen LogP contribution in [0.1, 0.15) is 36.7 Å². The van der Waals surface area contributed by atoms with Crippen LogP contribution in [0.5, 0.6) is 0 Å². The lowest BCUT2D eigenvalue weighted by molar-refractivity contribution is -0.387. The van der Waals surface area contributed by atoms with E-state index in [4.69, 9.17) is 11.5 Å². The second-order valence-corrected chi connectivity index (χ2v) is 7.50. The van der Waals surface area contributed by atoms with Crippen LogP contribution in [-0.4, -0.2) is 30.5 Å². The van der Waals surface area contributed by atoms with E-state index < -0.39 is 42.5 Å². The summed E-state index contributed by atoms with van der Waals surface area (Å²) in [5.74, 6) is -1.35. The molecule has 1 amide bonds. The number of nitrogens with zero attached hydrogens (tertiary/aromatic N) is 2. The maximum Gasteiger partial charge on any atom is 0.288 e. The van der Waals surface area contributed by atoms with Gasteiger partial charge in [0.1, 0.15) is 4.90 Å². The van der Waals surface area contributed by atoms with Crippen LogP contribution in [0, 0.1) is 10.1 Å². The van der Waals surface area contributed by atoms with Crippen molar-refractivity contribution in [2.75, 3.05) is 0 Å². The minimum absolute atomic E-state index is 0.102. The SMILES string of the molecule is CCc1cc(S(=O)(=O)C(C)C)c([N+](=O)[O-])cc1C(=O)N=C(N)N. The summed E-state index contributed by atoms with van der Waals surface area (Å²) in [7, 11) is -3.89. The molecule has 0 saturated heterocycles. The van der Waals surface area contributed by atoms with E-state index in [0.717, 1.165) is 12.1 Å². The van der Waals surface area contributed by atoms with Crippen LogP contribution in [0.25, 0.3) is 0 Å². The van der Waals surface area contributed by atoms with Gasteiger partial charge >= 0.3 is 0 Å². The molecule has 0 spiro atoms. The zero-order valence-corrected chi connectivity index (χ0v) is 13.8. The Morgan fingerprint density at radius 3 is 2.30 bits per heavy atom. The fourth-order valence-electron chi connectivity index (χ4n) is 1.90. The predicted molar refractivity (Wildman–Crippen MR) is 84.9 cm³/mol. The average molecular weight is 342 g/mol. The van der Waals surface area contributed by atoms with Crippen molar-refractivity contribution in [2.24, 2.45) is 16.5 Å². The fourth-order valence-corrected chi connectivity index (χ4v) is 3.14. The molecule has 0 fully saturated rings. The van der Waals surface area contributed by atoms with Crippen molar-refractivity contribution in [3.8, 4) is 0 Å². The number of rotatable bonds is 5. The summed E-state index contributed by atoms with van der Waals surface area (Å²) in [4.78, 5) is 25.3. The highest BCUT2D eigenvalue weighted by Gasteiger charge is 2.31. The van der Waals surface area contributed by atoms with Crippen molar-refractivity contribution >= 4 is 27.4 Å². The first-order valence-corrected chi connectivity index (χ1v) is 8.26. The summed E-state index contributed by atoms with van der Waals surface area (Å²) >= 11 is 0. The molecule has 0 aliphatic heterocycles. The number of guanidine groups is 1. The van der Waals surface area contributed by atoms with Crippen LogP contribution >= 0.6 is 0 Å². The lowest BCUT2D eigenvalue weighted by Gasteiger charge is -2.12. The number of nitro benzene ring substituents is 1. The second kappa shape index (κ2) is 6.73. The average Bonchev–Trinajstić information content (AvgIpc) is 2.44. The van der Waals surface area contributed by atoms with E-state index in [1.807, 2.05) is 0 Å². The normalized spacial score (nSPS) is 11.3. The number of hydrogen-bond acceptors (Lipinski definition) is 5. The predicted octanol–water partition coefficient (Wildman–Crippen LogP) is 0.753. The Morgan fingerprint density at radius 2 is 1.91 bits per heavy atom. The highest BCUT2D eigenvalue weighted by Crippen LogP contribution is 2.31. The third kappa shape index (κ3) is 3.83. The molecule has 0 unspecified atom stereocenters. The van der Waals surface area contributed by atoms with Crippen molar-refractivity contribution in [2.45, 2.75) is 37.3 Å². The molecule has 0 bridgehead atoms. The van der Waals surface area contributed by atoms with Gasteiger partial charge in [-0.05, 0) is 31.9 Å². The molecule has 126 valence electrons. The molecule has 0 aliphatic rings. The van der Waals surface area contributed by atoms with Gasteiger partial charge in [-0.2, -0.15) is 4.99 Å². The van der Waals surface area contributed by atoms with Crippen molar-refractivity contribution in [1.82, 2.24) is 0 Å². The van der Waals surface area contributed by atoms with Crippen LogP contribution in [0.3, 0.4) is 0 Å². The van der Waals surface area contributed by atoms with Gasteiger partial charge in [-0.3, -0.25) is 14.9 Å². The molecule has 9 nitrogen and oxygen atoms in total. The molecule has 10 heteroatoms. The Labute approximate surface area is 133 Å². The molecule has 0 aliphatic carbocycles. The van der Waals surface area contributed by atoms with E-state index in [1.54, 1.807) is 6.92 Å². The topological polar surface area (TPSA) is 159 Å². The van der Waals surface area contributed by atoms with Crippen molar-refractivity contribution in [3.05, 3.63) is 33.4 Å². The Bertz CT molecular complexity index is 780. The molecule has 1 aromatic rings. The Morgan fingerprint density at radius 1 is 1.35 bits per heavy atom. The number of nitrogens with two attached hydrogens (primary N) is 2. The Hall–Kier alpha value is -2.49. The molecule has 0 atom stereocenters. The van der Waals surface area contributed by atoms with E-state index in [2.05, 4.69) is 4.99 Å². The number of amides is 1. The van der Waals surface area contributed by atoms with E-state index in [1.165, 1.54) is 13.8 Å². The number of hydrogen-bond donors (Lipinski definition) is 2. The molecule has 4 N–H and O–H groups in total. The zero-order valence-electron chi connectivity index (χ0n) is 12.9. The lowest BCUT2D eigenvalue weighted by atomic mass is 10.0. The summed E-state index contributed by atoms with van der Waals surface area (Å²) < 4.78 is 24.7. The van der Waals surface area contributed by atoms with Gasteiger partial charge in [0.15, 0.2) is 15.8 Å². The molecule has 1 rings (SSSR count).